The molecule has 1 N–H and O–H groups in total. The fourth-order valence-electron chi connectivity index (χ4n) is 2.35. The van der Waals surface area contributed by atoms with E-state index in [9.17, 15) is 4.79 Å². The molecule has 0 radical (unpaired) electrons. The Kier molecular flexibility index (Phi) is 4.34. The number of amides is 1. The zero-order chi connectivity index (χ0) is 16.1. The minimum absolute atomic E-state index is 0.306. The van der Waals surface area contributed by atoms with E-state index in [1.807, 2.05) is 42.5 Å². The van der Waals surface area contributed by atoms with Crippen molar-refractivity contribution in [3.8, 4) is 5.75 Å². The van der Waals surface area contributed by atoms with Gasteiger partial charge < -0.3 is 4.74 Å². The van der Waals surface area contributed by atoms with Gasteiger partial charge in [0.05, 0.1) is 18.9 Å². The Morgan fingerprint density at radius 3 is 2.57 bits per heavy atom. The van der Waals surface area contributed by atoms with Crippen molar-refractivity contribution in [3.05, 3.63) is 77.9 Å². The number of ether oxygens (including phenoxy) is 1. The summed E-state index contributed by atoms with van der Waals surface area (Å²) in [4.78, 5) is 12.1. The Labute approximate surface area is 134 Å². The van der Waals surface area contributed by atoms with Crippen molar-refractivity contribution in [2.45, 2.75) is 0 Å². The number of benzene rings is 3. The van der Waals surface area contributed by atoms with Crippen molar-refractivity contribution in [2.75, 3.05) is 7.11 Å². The molecule has 3 aromatic rings. The van der Waals surface area contributed by atoms with Gasteiger partial charge in [-0.3, -0.25) is 4.79 Å². The molecule has 0 fully saturated rings. The molecule has 23 heavy (non-hydrogen) atoms. The molecule has 3 aromatic carbocycles. The zero-order valence-corrected chi connectivity index (χ0v) is 12.7. The number of hydrazone groups is 1. The van der Waals surface area contributed by atoms with Gasteiger partial charge in [-0.05, 0) is 34.5 Å². The number of fused-ring (bicyclic) bond motifs is 1. The van der Waals surface area contributed by atoms with Gasteiger partial charge in [0.1, 0.15) is 5.75 Å². The van der Waals surface area contributed by atoms with Gasteiger partial charge in [-0.1, -0.05) is 48.5 Å². The van der Waals surface area contributed by atoms with Crippen LogP contribution >= 0.6 is 0 Å². The van der Waals surface area contributed by atoms with Crippen molar-refractivity contribution in [1.29, 1.82) is 0 Å². The number of carbonyl (C=O) groups excluding carboxylic acids is 1. The van der Waals surface area contributed by atoms with Gasteiger partial charge in [0.25, 0.3) is 5.91 Å². The minimum Gasteiger partial charge on any atom is -0.496 e. The highest BCUT2D eigenvalue weighted by Gasteiger charge is 2.09. The first-order valence-electron chi connectivity index (χ1n) is 7.23. The second kappa shape index (κ2) is 6.75. The molecule has 0 bridgehead atoms. The molecule has 0 aliphatic rings. The van der Waals surface area contributed by atoms with Crippen LogP contribution in [-0.2, 0) is 0 Å². The fraction of sp³-hybridized carbons (Fsp3) is 0.0526. The molecular weight excluding hydrogens is 288 g/mol. The van der Waals surface area contributed by atoms with Gasteiger partial charge in [-0.25, -0.2) is 5.43 Å². The quantitative estimate of drug-likeness (QED) is 0.591. The summed E-state index contributed by atoms with van der Waals surface area (Å²) < 4.78 is 5.17. The van der Waals surface area contributed by atoms with Crippen LogP contribution in [0.3, 0.4) is 0 Å². The van der Waals surface area contributed by atoms with Crippen LogP contribution in [0.4, 0.5) is 0 Å². The van der Waals surface area contributed by atoms with E-state index in [-0.39, 0.29) is 5.91 Å². The molecule has 1 amide bonds. The zero-order valence-electron chi connectivity index (χ0n) is 12.7. The lowest BCUT2D eigenvalue weighted by atomic mass is 10.1. The first-order chi connectivity index (χ1) is 11.3. The van der Waals surface area contributed by atoms with Gasteiger partial charge in [0.15, 0.2) is 0 Å². The summed E-state index contributed by atoms with van der Waals surface area (Å²) in [7, 11) is 1.53. The molecule has 4 nitrogen and oxygen atoms in total. The maximum Gasteiger partial charge on any atom is 0.275 e. The van der Waals surface area contributed by atoms with Crippen LogP contribution in [-0.4, -0.2) is 19.2 Å². The van der Waals surface area contributed by atoms with Gasteiger partial charge in [0, 0.05) is 0 Å². The van der Waals surface area contributed by atoms with Gasteiger partial charge in [-0.2, -0.15) is 5.10 Å². The number of nitrogens with one attached hydrogen (secondary N) is 1. The summed E-state index contributed by atoms with van der Waals surface area (Å²) in [5.41, 5.74) is 3.89. The summed E-state index contributed by atoms with van der Waals surface area (Å²) in [6.07, 6.45) is 1.62. The summed E-state index contributed by atoms with van der Waals surface area (Å²) in [6, 6.07) is 21.1. The lowest BCUT2D eigenvalue weighted by molar-refractivity contribution is 0.0952. The highest BCUT2D eigenvalue weighted by molar-refractivity contribution is 5.97. The smallest absolute Gasteiger partial charge is 0.275 e. The number of hydrogen-bond donors (Lipinski definition) is 1. The first kappa shape index (κ1) is 14.8. The summed E-state index contributed by atoms with van der Waals surface area (Å²) in [5.74, 6) is 0.213. The van der Waals surface area contributed by atoms with E-state index in [4.69, 9.17) is 4.74 Å². The average molecular weight is 304 g/mol. The second-order valence-corrected chi connectivity index (χ2v) is 5.01. The molecular formula is C19H16N2O2. The van der Waals surface area contributed by atoms with Gasteiger partial charge in [0.2, 0.25) is 0 Å². The highest BCUT2D eigenvalue weighted by Crippen LogP contribution is 2.17. The van der Waals surface area contributed by atoms with E-state index in [2.05, 4.69) is 16.6 Å². The van der Waals surface area contributed by atoms with Crippen molar-refractivity contribution in [3.63, 3.8) is 0 Å². The Morgan fingerprint density at radius 1 is 1.00 bits per heavy atom. The molecule has 0 saturated carbocycles. The second-order valence-electron chi connectivity index (χ2n) is 5.01. The maximum atomic E-state index is 12.1. The minimum atomic E-state index is -0.306. The molecule has 0 aliphatic heterocycles. The number of para-hydroxylation sites is 1. The van der Waals surface area contributed by atoms with Crippen LogP contribution < -0.4 is 10.2 Å². The monoisotopic (exact) mass is 304 g/mol. The first-order valence-corrected chi connectivity index (χ1v) is 7.23. The van der Waals surface area contributed by atoms with Crippen molar-refractivity contribution in [2.24, 2.45) is 5.10 Å². The van der Waals surface area contributed by atoms with E-state index in [0.717, 1.165) is 10.9 Å². The van der Waals surface area contributed by atoms with Crippen LogP contribution in [0.15, 0.2) is 71.8 Å². The van der Waals surface area contributed by atoms with Crippen LogP contribution in [0.1, 0.15) is 15.9 Å². The number of hydrogen-bond acceptors (Lipinski definition) is 3. The predicted molar refractivity (Wildman–Crippen MR) is 92.0 cm³/mol. The van der Waals surface area contributed by atoms with E-state index in [0.29, 0.717) is 11.3 Å². The highest BCUT2D eigenvalue weighted by atomic mass is 16.5. The molecule has 114 valence electrons. The average Bonchev–Trinajstić information content (AvgIpc) is 2.61. The third-order valence-corrected chi connectivity index (χ3v) is 3.50. The Hall–Kier alpha value is -3.14. The topological polar surface area (TPSA) is 50.7 Å². The lowest BCUT2D eigenvalue weighted by Gasteiger charge is -2.06. The van der Waals surface area contributed by atoms with Gasteiger partial charge >= 0.3 is 0 Å². The molecule has 0 atom stereocenters. The lowest BCUT2D eigenvalue weighted by Crippen LogP contribution is -2.18. The van der Waals surface area contributed by atoms with Crippen molar-refractivity contribution >= 4 is 22.9 Å². The molecule has 3 rings (SSSR count). The number of rotatable bonds is 4. The Balaban J connectivity index is 1.73. The third-order valence-electron chi connectivity index (χ3n) is 3.50. The largest absolute Gasteiger partial charge is 0.496 e. The Morgan fingerprint density at radius 2 is 1.74 bits per heavy atom. The fourth-order valence-corrected chi connectivity index (χ4v) is 2.35. The van der Waals surface area contributed by atoms with Crippen molar-refractivity contribution < 1.29 is 9.53 Å². The molecule has 0 unspecified atom stereocenters. The number of nitrogens with zero attached hydrogens (tertiary/aromatic N) is 1. The molecule has 0 aliphatic carbocycles. The normalized spacial score (nSPS) is 10.8. The third kappa shape index (κ3) is 3.37. The van der Waals surface area contributed by atoms with E-state index in [1.165, 1.54) is 12.5 Å². The standard InChI is InChI=1S/C19H16N2O2/c1-23-18-9-5-4-8-17(18)19(22)21-20-13-14-10-11-15-6-2-3-7-16(15)12-14/h2-13H,1H3,(H,21,22)/b20-13+. The van der Waals surface area contributed by atoms with Gasteiger partial charge in [-0.15, -0.1) is 0 Å². The van der Waals surface area contributed by atoms with Crippen LogP contribution in [0.25, 0.3) is 10.8 Å². The molecule has 0 aromatic heterocycles. The van der Waals surface area contributed by atoms with E-state index >= 15 is 0 Å². The summed E-state index contributed by atoms with van der Waals surface area (Å²) in [5, 5.41) is 6.32. The van der Waals surface area contributed by atoms with E-state index < -0.39 is 0 Å². The van der Waals surface area contributed by atoms with Crippen LogP contribution in [0, 0.1) is 0 Å². The number of carbonyl (C=O) groups is 1. The molecule has 0 spiro atoms. The van der Waals surface area contributed by atoms with Crippen LogP contribution in [0.5, 0.6) is 5.75 Å². The van der Waals surface area contributed by atoms with Crippen molar-refractivity contribution in [1.82, 2.24) is 5.43 Å². The molecule has 0 saturated heterocycles. The maximum absolute atomic E-state index is 12.1. The molecule has 4 heteroatoms. The summed E-state index contributed by atoms with van der Waals surface area (Å²) in [6.45, 7) is 0. The number of methoxy groups -OCH3 is 1. The van der Waals surface area contributed by atoms with E-state index in [1.54, 1.807) is 24.4 Å². The Bertz CT molecular complexity index is 872. The SMILES string of the molecule is COc1ccccc1C(=O)N/N=C/c1ccc2ccccc2c1. The molecule has 0 heterocycles. The van der Waals surface area contributed by atoms with Crippen LogP contribution in [0.2, 0.25) is 0 Å². The summed E-state index contributed by atoms with van der Waals surface area (Å²) >= 11 is 0. The predicted octanol–water partition coefficient (Wildman–Crippen LogP) is 3.61.